The van der Waals surface area contributed by atoms with E-state index in [-0.39, 0.29) is 17.2 Å². The van der Waals surface area contributed by atoms with Gasteiger partial charge in [-0.05, 0) is 12.1 Å². The third-order valence-electron chi connectivity index (χ3n) is 1.28. The lowest BCUT2D eigenvalue weighted by molar-refractivity contribution is -0.384. The van der Waals surface area contributed by atoms with Gasteiger partial charge in [-0.25, -0.2) is 0 Å². The topological polar surface area (TPSA) is 78.4 Å². The molecule has 0 heterocycles. The number of nitrogen functional groups attached to an aromatic ring is 1. The van der Waals surface area contributed by atoms with Crippen molar-refractivity contribution in [2.45, 2.75) is 0 Å². The first-order chi connectivity index (χ1) is 6.99. The van der Waals surface area contributed by atoms with Crippen molar-refractivity contribution in [2.75, 3.05) is 12.8 Å². The molecule has 0 bridgehead atoms. The molecule has 0 aromatic heterocycles. The third-order valence-corrected chi connectivity index (χ3v) is 1.28. The molecule has 1 aromatic carbocycles. The van der Waals surface area contributed by atoms with E-state index < -0.39 is 16.7 Å². The number of methoxy groups -OCH3 is 1. The molecule has 0 saturated heterocycles. The highest BCUT2D eigenvalue weighted by Gasteiger charge is 2.11. The average molecular weight is 171 g/mol. The van der Waals surface area contributed by atoms with Crippen molar-refractivity contribution in [3.05, 3.63) is 28.3 Å². The highest BCUT2D eigenvalue weighted by Crippen LogP contribution is 2.25. The van der Waals surface area contributed by atoms with Crippen LogP contribution in [0.4, 0.5) is 11.4 Å². The average Bonchev–Trinajstić information content (AvgIpc) is 2.16. The smallest absolute Gasteiger partial charge is 0.295 e. The molecule has 5 nitrogen and oxygen atoms in total. The summed E-state index contributed by atoms with van der Waals surface area (Å²) in [6.45, 7) is 0. The standard InChI is InChI=1S/C7H8N2O3/c1-12-5-2-3-6(8)7(4-5)9(10)11/h2-4H,8H2,1H3/i4D/hD2. The molecule has 0 unspecified atom stereocenters. The number of nitro benzene ring substituents is 1. The highest BCUT2D eigenvalue weighted by molar-refractivity contribution is 5.60. The molecule has 5 heteroatoms. The summed E-state index contributed by atoms with van der Waals surface area (Å²) in [5, 5.41) is 10.7. The van der Waals surface area contributed by atoms with Gasteiger partial charge in [0.05, 0.1) is 19.4 Å². The van der Waals surface area contributed by atoms with Gasteiger partial charge in [-0.15, -0.1) is 0 Å². The maximum absolute atomic E-state index is 10.7. The van der Waals surface area contributed by atoms with E-state index in [1.165, 1.54) is 19.2 Å². The first kappa shape index (κ1) is 4.97. The number of nitrogens with two attached hydrogens (primary N) is 1. The van der Waals surface area contributed by atoms with Crippen molar-refractivity contribution in [2.24, 2.45) is 0 Å². The SMILES string of the molecule is [2H]c1c(OC)ccc(N([2H])[2H])c1[N+](=O)[O-]. The summed E-state index contributed by atoms with van der Waals surface area (Å²) in [7, 11) is 1.29. The molecule has 0 fully saturated rings. The summed E-state index contributed by atoms with van der Waals surface area (Å²) in [6.07, 6.45) is 0. The van der Waals surface area contributed by atoms with Crippen molar-refractivity contribution in [1.29, 1.82) is 0 Å². The lowest BCUT2D eigenvalue weighted by Gasteiger charge is -2.00. The van der Waals surface area contributed by atoms with Gasteiger partial charge in [0.25, 0.3) is 5.69 Å². The Morgan fingerprint density at radius 2 is 2.58 bits per heavy atom. The number of rotatable bonds is 3. The Hall–Kier alpha value is -1.78. The summed E-state index contributed by atoms with van der Waals surface area (Å²) in [6, 6.07) is 2.06. The Balaban J connectivity index is 3.44. The van der Waals surface area contributed by atoms with E-state index in [2.05, 4.69) is 0 Å². The molecule has 0 spiro atoms. The molecule has 0 atom stereocenters. The van der Waals surface area contributed by atoms with E-state index in [4.69, 9.17) is 8.93 Å². The molecule has 2 N–H and O–H groups in total. The number of nitrogens with zero attached hydrogens (tertiary/aromatic N) is 1. The van der Waals surface area contributed by atoms with Crippen LogP contribution in [0, 0.1) is 10.1 Å². The number of anilines is 1. The van der Waals surface area contributed by atoms with Crippen molar-refractivity contribution >= 4 is 11.4 Å². The Labute approximate surface area is 73.2 Å². The Morgan fingerprint density at radius 1 is 1.83 bits per heavy atom. The minimum absolute atomic E-state index is 0.0345. The molecule has 0 radical (unpaired) electrons. The van der Waals surface area contributed by atoms with Gasteiger partial charge in [0.2, 0.25) is 0 Å². The molecule has 0 amide bonds. The fourth-order valence-corrected chi connectivity index (χ4v) is 0.714. The minimum atomic E-state index is -0.809. The fourth-order valence-electron chi connectivity index (χ4n) is 0.714. The third kappa shape index (κ3) is 1.45. The predicted molar refractivity (Wildman–Crippen MR) is 44.1 cm³/mol. The number of hydrogen-bond donors (Lipinski definition) is 1. The van der Waals surface area contributed by atoms with Gasteiger partial charge in [-0.1, -0.05) is 0 Å². The van der Waals surface area contributed by atoms with E-state index in [1.54, 1.807) is 0 Å². The Kier molecular flexibility index (Phi) is 1.28. The van der Waals surface area contributed by atoms with Crippen LogP contribution in [-0.2, 0) is 0 Å². The summed E-state index contributed by atoms with van der Waals surface area (Å²) in [5.74, 6) is 0.0345. The lowest BCUT2D eigenvalue weighted by Crippen LogP contribution is -1.95. The summed E-state index contributed by atoms with van der Waals surface area (Å²) < 4.78 is 26.1. The van der Waals surface area contributed by atoms with Gasteiger partial charge in [-0.2, -0.15) is 0 Å². The van der Waals surface area contributed by atoms with Crippen LogP contribution in [0.5, 0.6) is 5.75 Å². The monoisotopic (exact) mass is 171 g/mol. The normalized spacial score (nSPS) is 12.6. The van der Waals surface area contributed by atoms with Crippen LogP contribution < -0.4 is 10.5 Å². The van der Waals surface area contributed by atoms with Crippen molar-refractivity contribution in [3.8, 4) is 5.75 Å². The van der Waals surface area contributed by atoms with Crippen LogP contribution >= 0.6 is 0 Å². The van der Waals surface area contributed by atoms with Gasteiger partial charge in [0.1, 0.15) is 11.4 Å². The fraction of sp³-hybridized carbons (Fsp3) is 0.143. The van der Waals surface area contributed by atoms with E-state index in [1.807, 2.05) is 0 Å². The van der Waals surface area contributed by atoms with Crippen LogP contribution in [0.25, 0.3) is 0 Å². The van der Waals surface area contributed by atoms with Crippen molar-refractivity contribution in [3.63, 3.8) is 0 Å². The number of nitro groups is 1. The molecule has 0 aliphatic rings. The molecular weight excluding hydrogens is 160 g/mol. The summed E-state index contributed by atoms with van der Waals surface area (Å²) >= 11 is 0. The van der Waals surface area contributed by atoms with Gasteiger partial charge in [-0.3, -0.25) is 10.1 Å². The first-order valence-electron chi connectivity index (χ1n) is 4.48. The van der Waals surface area contributed by atoms with Gasteiger partial charge in [0, 0.05) is 0 Å². The number of benzene rings is 1. The van der Waals surface area contributed by atoms with Crippen LogP contribution in [0.3, 0.4) is 0 Å². The van der Waals surface area contributed by atoms with Gasteiger partial charge in [0.15, 0.2) is 2.82 Å². The predicted octanol–water partition coefficient (Wildman–Crippen LogP) is 1.19. The summed E-state index contributed by atoms with van der Waals surface area (Å²) in [5.41, 5.74) is -0.791. The zero-order valence-electron chi connectivity index (χ0n) is 9.27. The molecule has 0 aliphatic carbocycles. The van der Waals surface area contributed by atoms with Crippen LogP contribution in [0.2, 0.25) is 2.82 Å². The summed E-state index contributed by atoms with van der Waals surface area (Å²) in [4.78, 5) is 9.84. The van der Waals surface area contributed by atoms with E-state index in [9.17, 15) is 10.1 Å². The first-order valence-corrected chi connectivity index (χ1v) is 3.09. The Bertz CT molecular complexity index is 397. The minimum Gasteiger partial charge on any atom is -0.496 e. The molecule has 1 rings (SSSR count). The van der Waals surface area contributed by atoms with E-state index >= 15 is 0 Å². The lowest BCUT2D eigenvalue weighted by atomic mass is 10.2. The zero-order chi connectivity index (χ0) is 11.6. The maximum Gasteiger partial charge on any atom is 0.295 e. The molecule has 64 valence electrons. The molecule has 0 aliphatic heterocycles. The molecular formula is C7H8N2O3. The van der Waals surface area contributed by atoms with E-state index in [0.717, 1.165) is 0 Å². The molecule has 12 heavy (non-hydrogen) atoms. The largest absolute Gasteiger partial charge is 0.496 e. The quantitative estimate of drug-likeness (QED) is 0.421. The highest BCUT2D eigenvalue weighted by atomic mass is 16.6. The zero-order valence-corrected chi connectivity index (χ0v) is 6.27. The van der Waals surface area contributed by atoms with Crippen molar-refractivity contribution < 1.29 is 13.9 Å². The second kappa shape index (κ2) is 3.08. The second-order valence-corrected chi connectivity index (χ2v) is 2.02. The van der Waals surface area contributed by atoms with Crippen molar-refractivity contribution in [1.82, 2.24) is 0 Å². The Morgan fingerprint density at radius 3 is 3.08 bits per heavy atom. The van der Waals surface area contributed by atoms with Gasteiger partial charge >= 0.3 is 0 Å². The number of ether oxygens (including phenoxy) is 1. The van der Waals surface area contributed by atoms with Crippen LogP contribution in [-0.4, -0.2) is 12.0 Å². The maximum atomic E-state index is 10.7. The van der Waals surface area contributed by atoms with E-state index in [0.29, 0.717) is 0 Å². The molecule has 1 aromatic rings. The van der Waals surface area contributed by atoms with Gasteiger partial charge < -0.3 is 10.5 Å². The van der Waals surface area contributed by atoms with Crippen LogP contribution in [0.15, 0.2) is 18.2 Å². The molecule has 0 saturated carbocycles. The second-order valence-electron chi connectivity index (χ2n) is 2.02. The number of hydrogen-bond acceptors (Lipinski definition) is 4. The van der Waals surface area contributed by atoms with Crippen LogP contribution in [0.1, 0.15) is 1.37 Å².